The third-order valence-electron chi connectivity index (χ3n) is 4.88. The number of nitrogens with one attached hydrogen (secondary N) is 1. The first kappa shape index (κ1) is 20.8. The fourth-order valence-corrected chi connectivity index (χ4v) is 3.70. The number of benzene rings is 2. The van der Waals surface area contributed by atoms with Gasteiger partial charge in [0.25, 0.3) is 0 Å². The number of halogens is 2. The summed E-state index contributed by atoms with van der Waals surface area (Å²) in [6.45, 7) is 4.92. The number of aryl methyl sites for hydroxylation is 1. The van der Waals surface area contributed by atoms with E-state index in [1.807, 2.05) is 42.9 Å². The summed E-state index contributed by atoms with van der Waals surface area (Å²) < 4.78 is 23.8. The number of nitrogens with zero attached hydrogens (tertiary/aromatic N) is 2. The Morgan fingerprint density at radius 2 is 2.00 bits per heavy atom. The second-order valence-corrected chi connectivity index (χ2v) is 7.77. The Balaban J connectivity index is 1.88. The van der Waals surface area contributed by atoms with E-state index in [1.54, 1.807) is 6.07 Å². The lowest BCUT2D eigenvalue weighted by molar-refractivity contribution is 0.159. The highest BCUT2D eigenvalue weighted by Gasteiger charge is 2.17. The molecule has 1 unspecified atom stereocenters. The Morgan fingerprint density at radius 3 is 2.68 bits per heavy atom. The summed E-state index contributed by atoms with van der Waals surface area (Å²) in [5.41, 5.74) is 2.12. The van der Waals surface area contributed by atoms with Gasteiger partial charge in [-0.2, -0.15) is 5.10 Å². The summed E-state index contributed by atoms with van der Waals surface area (Å²) in [4.78, 5) is 0. The molecular formula is C22H27BrFN3O. The Kier molecular flexibility index (Phi) is 7.08. The fraction of sp³-hybridized carbons (Fsp3) is 0.409. The molecule has 0 bridgehead atoms. The average molecular weight is 448 g/mol. The summed E-state index contributed by atoms with van der Waals surface area (Å²) in [5.74, 6) is 0.200. The first-order valence-corrected chi connectivity index (χ1v) is 10.7. The third kappa shape index (κ3) is 4.55. The molecule has 1 heterocycles. The highest BCUT2D eigenvalue weighted by atomic mass is 79.9. The monoisotopic (exact) mass is 447 g/mol. The van der Waals surface area contributed by atoms with Crippen LogP contribution in [0, 0.1) is 5.82 Å². The van der Waals surface area contributed by atoms with E-state index in [4.69, 9.17) is 4.74 Å². The smallest absolute Gasteiger partial charge is 0.149 e. The molecule has 0 amide bonds. The maximum atomic E-state index is 15.0. The van der Waals surface area contributed by atoms with Gasteiger partial charge >= 0.3 is 0 Å². The van der Waals surface area contributed by atoms with E-state index < -0.39 is 0 Å². The van der Waals surface area contributed by atoms with Gasteiger partial charge in [0.1, 0.15) is 23.5 Å². The number of hydrogen-bond acceptors (Lipinski definition) is 3. The van der Waals surface area contributed by atoms with Crippen LogP contribution in [0.2, 0.25) is 0 Å². The van der Waals surface area contributed by atoms with E-state index in [0.717, 1.165) is 47.6 Å². The number of ether oxygens (including phenoxy) is 1. The van der Waals surface area contributed by atoms with Crippen molar-refractivity contribution in [2.75, 3.05) is 7.05 Å². The lowest BCUT2D eigenvalue weighted by Gasteiger charge is -2.18. The zero-order chi connectivity index (χ0) is 20.1. The minimum absolute atomic E-state index is 0.116. The molecule has 3 rings (SSSR count). The summed E-state index contributed by atoms with van der Waals surface area (Å²) >= 11 is 3.50. The van der Waals surface area contributed by atoms with Crippen molar-refractivity contribution in [2.45, 2.75) is 52.3 Å². The molecule has 4 nitrogen and oxygen atoms in total. The van der Waals surface area contributed by atoms with Gasteiger partial charge in [-0.05, 0) is 57.1 Å². The molecule has 0 fully saturated rings. The minimum Gasteiger partial charge on any atom is -0.475 e. The first-order chi connectivity index (χ1) is 13.6. The van der Waals surface area contributed by atoms with E-state index in [-0.39, 0.29) is 12.0 Å². The molecule has 0 saturated carbocycles. The van der Waals surface area contributed by atoms with E-state index in [9.17, 15) is 4.39 Å². The highest BCUT2D eigenvalue weighted by molar-refractivity contribution is 9.10. The molecule has 1 aromatic heterocycles. The molecule has 28 heavy (non-hydrogen) atoms. The predicted octanol–water partition coefficient (Wildman–Crippen LogP) is 6.13. The maximum Gasteiger partial charge on any atom is 0.149 e. The molecule has 0 aliphatic carbocycles. The normalized spacial score (nSPS) is 12.5. The SMILES string of the molecule is CCCCCC(NC)Oc1ccc(-c2nn(CC)c3cc(Br)ccc23)c(F)c1. The van der Waals surface area contributed by atoms with E-state index in [1.165, 1.54) is 6.07 Å². The third-order valence-corrected chi connectivity index (χ3v) is 5.37. The van der Waals surface area contributed by atoms with Crippen molar-refractivity contribution in [1.29, 1.82) is 0 Å². The molecule has 0 spiro atoms. The van der Waals surface area contributed by atoms with E-state index in [2.05, 4.69) is 33.3 Å². The molecule has 150 valence electrons. The van der Waals surface area contributed by atoms with E-state index in [0.29, 0.717) is 17.0 Å². The quantitative estimate of drug-likeness (QED) is 0.316. The van der Waals surface area contributed by atoms with Crippen molar-refractivity contribution in [2.24, 2.45) is 0 Å². The van der Waals surface area contributed by atoms with Crippen molar-refractivity contribution < 1.29 is 9.13 Å². The van der Waals surface area contributed by atoms with Crippen LogP contribution in [-0.4, -0.2) is 23.1 Å². The molecule has 1 atom stereocenters. The number of aromatic nitrogens is 2. The molecule has 0 aliphatic heterocycles. The van der Waals surface area contributed by atoms with Gasteiger partial charge in [-0.1, -0.05) is 35.7 Å². The first-order valence-electron chi connectivity index (χ1n) is 9.87. The molecule has 6 heteroatoms. The van der Waals surface area contributed by atoms with Gasteiger partial charge in [-0.3, -0.25) is 10.00 Å². The van der Waals surface area contributed by atoms with Gasteiger partial charge in [0.2, 0.25) is 0 Å². The molecule has 2 aromatic carbocycles. The maximum absolute atomic E-state index is 15.0. The predicted molar refractivity (Wildman–Crippen MR) is 116 cm³/mol. The highest BCUT2D eigenvalue weighted by Crippen LogP contribution is 2.33. The van der Waals surface area contributed by atoms with Gasteiger partial charge in [0, 0.05) is 28.0 Å². The average Bonchev–Trinajstić information content (AvgIpc) is 3.05. The fourth-order valence-electron chi connectivity index (χ4n) is 3.35. The molecule has 3 aromatic rings. The van der Waals surface area contributed by atoms with Gasteiger partial charge in [-0.25, -0.2) is 4.39 Å². The van der Waals surface area contributed by atoms with Crippen molar-refractivity contribution in [3.05, 3.63) is 46.7 Å². The number of fused-ring (bicyclic) bond motifs is 1. The van der Waals surface area contributed by atoms with E-state index >= 15 is 0 Å². The summed E-state index contributed by atoms with van der Waals surface area (Å²) in [5, 5.41) is 8.73. The molecule has 1 N–H and O–H groups in total. The second-order valence-electron chi connectivity index (χ2n) is 6.86. The van der Waals surface area contributed by atoms with Crippen LogP contribution in [0.3, 0.4) is 0 Å². The van der Waals surface area contributed by atoms with Crippen LogP contribution in [0.25, 0.3) is 22.2 Å². The van der Waals surface area contributed by atoms with Crippen LogP contribution in [0.15, 0.2) is 40.9 Å². The number of unbranched alkanes of at least 4 members (excludes halogenated alkanes) is 2. The van der Waals surface area contributed by atoms with Crippen LogP contribution in [-0.2, 0) is 6.54 Å². The number of hydrogen-bond donors (Lipinski definition) is 1. The van der Waals surface area contributed by atoms with Crippen molar-refractivity contribution in [3.8, 4) is 17.0 Å². The van der Waals surface area contributed by atoms with Crippen LogP contribution >= 0.6 is 15.9 Å². The zero-order valence-corrected chi connectivity index (χ0v) is 18.2. The van der Waals surface area contributed by atoms with Crippen molar-refractivity contribution >= 4 is 26.8 Å². The van der Waals surface area contributed by atoms with Crippen LogP contribution in [0.5, 0.6) is 5.75 Å². The molecule has 0 saturated heterocycles. The van der Waals surface area contributed by atoms with Crippen LogP contribution in [0.1, 0.15) is 39.5 Å². The lowest BCUT2D eigenvalue weighted by atomic mass is 10.1. The van der Waals surface area contributed by atoms with Crippen molar-refractivity contribution in [3.63, 3.8) is 0 Å². The Bertz CT molecular complexity index is 941. The lowest BCUT2D eigenvalue weighted by Crippen LogP contribution is -2.31. The van der Waals surface area contributed by atoms with Crippen molar-refractivity contribution in [1.82, 2.24) is 15.1 Å². The standard InChI is InChI=1S/C22H27BrFN3O/c1-4-6-7-8-21(25-3)28-16-10-12-17(19(24)14-16)22-18-11-9-15(23)13-20(18)27(5-2)26-22/h9-14,21,25H,4-8H2,1-3H3. The number of rotatable bonds is 9. The Hall–Kier alpha value is -1.92. The van der Waals surface area contributed by atoms with Crippen LogP contribution in [0.4, 0.5) is 4.39 Å². The summed E-state index contributed by atoms with van der Waals surface area (Å²) in [7, 11) is 1.86. The Morgan fingerprint density at radius 1 is 1.18 bits per heavy atom. The summed E-state index contributed by atoms with van der Waals surface area (Å²) in [6.07, 6.45) is 4.19. The largest absolute Gasteiger partial charge is 0.475 e. The van der Waals surface area contributed by atoms with Gasteiger partial charge in [0.15, 0.2) is 0 Å². The van der Waals surface area contributed by atoms with Gasteiger partial charge < -0.3 is 4.74 Å². The summed E-state index contributed by atoms with van der Waals surface area (Å²) in [6, 6.07) is 11.0. The molecular weight excluding hydrogens is 421 g/mol. The topological polar surface area (TPSA) is 39.1 Å². The minimum atomic E-state index is -0.327. The second kappa shape index (κ2) is 9.52. The van der Waals surface area contributed by atoms with Gasteiger partial charge in [0.05, 0.1) is 5.52 Å². The molecule has 0 radical (unpaired) electrons. The Labute approximate surface area is 174 Å². The van der Waals surface area contributed by atoms with Crippen LogP contribution < -0.4 is 10.1 Å². The van der Waals surface area contributed by atoms with Gasteiger partial charge in [-0.15, -0.1) is 0 Å². The molecule has 0 aliphatic rings. The zero-order valence-electron chi connectivity index (χ0n) is 16.6.